The Balaban J connectivity index is 1.53. The average molecular weight is 408 g/mol. The molecule has 1 saturated heterocycles. The monoisotopic (exact) mass is 408 g/mol. The highest BCUT2D eigenvalue weighted by molar-refractivity contribution is 5.97. The summed E-state index contributed by atoms with van der Waals surface area (Å²) in [5.41, 5.74) is 2.36. The van der Waals surface area contributed by atoms with E-state index in [1.54, 1.807) is 11.0 Å². The van der Waals surface area contributed by atoms with Crippen LogP contribution in [-0.2, 0) is 4.79 Å². The van der Waals surface area contributed by atoms with Crippen LogP contribution in [0, 0.1) is 6.92 Å². The minimum atomic E-state index is -0.850. The van der Waals surface area contributed by atoms with Crippen molar-refractivity contribution in [1.82, 2.24) is 20.5 Å². The molecule has 4 N–H and O–H groups in total. The van der Waals surface area contributed by atoms with Crippen LogP contribution in [0.5, 0.6) is 0 Å². The molecule has 0 aliphatic carbocycles. The minimum Gasteiger partial charge on any atom is -0.480 e. The Hall–Kier alpha value is -3.62. The van der Waals surface area contributed by atoms with Gasteiger partial charge in [0, 0.05) is 12.6 Å². The lowest BCUT2D eigenvalue weighted by Crippen LogP contribution is -2.36. The first-order valence-electron chi connectivity index (χ1n) is 9.91. The smallest absolute Gasteiger partial charge is 0.326 e. The zero-order chi connectivity index (χ0) is 21.3. The fourth-order valence-corrected chi connectivity index (χ4v) is 3.94. The van der Waals surface area contributed by atoms with Crippen molar-refractivity contribution in [2.75, 3.05) is 16.8 Å². The number of carboxylic acids is 1. The number of amides is 2. The van der Waals surface area contributed by atoms with Crippen molar-refractivity contribution in [3.8, 4) is 0 Å². The molecular weight excluding hydrogens is 384 g/mol. The first kappa shape index (κ1) is 19.7. The van der Waals surface area contributed by atoms with Gasteiger partial charge in [-0.25, -0.2) is 14.6 Å². The van der Waals surface area contributed by atoms with E-state index in [1.165, 1.54) is 0 Å². The molecule has 1 fully saturated rings. The molecule has 156 valence electrons. The number of hydrogen-bond donors (Lipinski definition) is 4. The molecule has 9 heteroatoms. The van der Waals surface area contributed by atoms with E-state index in [0.717, 1.165) is 17.4 Å². The third-order valence-electron chi connectivity index (χ3n) is 5.40. The highest BCUT2D eigenvalue weighted by atomic mass is 16.4. The SMILES string of the molecule is Cc1nc(NC(=O)N[C@H](C)c2ccccc2)cc2[nH]nc(N3CCC[C@H]3C(=O)O)c12. The van der Waals surface area contributed by atoms with Crippen molar-refractivity contribution in [2.45, 2.75) is 38.8 Å². The van der Waals surface area contributed by atoms with E-state index in [2.05, 4.69) is 25.8 Å². The van der Waals surface area contributed by atoms with Crippen LogP contribution in [0.25, 0.3) is 10.9 Å². The summed E-state index contributed by atoms with van der Waals surface area (Å²) in [4.78, 5) is 30.3. The Morgan fingerprint density at radius 3 is 2.80 bits per heavy atom. The Morgan fingerprint density at radius 2 is 2.07 bits per heavy atom. The standard InChI is InChI=1S/C21H24N6O3/c1-12(14-7-4-3-5-8-14)23-21(30)24-17-11-15-18(13(2)22-17)19(26-25-15)27-10-6-9-16(27)20(28)29/h3-5,7-8,11-12,16H,6,9-10H2,1-2H3,(H,25,26)(H,28,29)(H2,22,23,24,30)/t12-,16+/m1/s1. The van der Waals surface area contributed by atoms with Gasteiger partial charge in [0.25, 0.3) is 0 Å². The Morgan fingerprint density at radius 1 is 1.30 bits per heavy atom. The summed E-state index contributed by atoms with van der Waals surface area (Å²) in [5.74, 6) is 0.134. The molecule has 0 radical (unpaired) electrons. The topological polar surface area (TPSA) is 123 Å². The number of carboxylic acid groups (broad SMARTS) is 1. The molecule has 0 saturated carbocycles. The normalized spacial score (nSPS) is 17.1. The number of benzene rings is 1. The fraction of sp³-hybridized carbons (Fsp3) is 0.333. The molecule has 1 aliphatic rings. The summed E-state index contributed by atoms with van der Waals surface area (Å²) in [6.07, 6.45) is 1.40. The number of urea groups is 1. The summed E-state index contributed by atoms with van der Waals surface area (Å²) in [6.45, 7) is 4.37. The van der Waals surface area contributed by atoms with Crippen LogP contribution in [0.15, 0.2) is 36.4 Å². The van der Waals surface area contributed by atoms with Gasteiger partial charge in [-0.3, -0.25) is 10.4 Å². The van der Waals surface area contributed by atoms with E-state index in [-0.39, 0.29) is 12.1 Å². The van der Waals surface area contributed by atoms with E-state index in [9.17, 15) is 14.7 Å². The molecule has 2 atom stereocenters. The van der Waals surface area contributed by atoms with Crippen molar-refractivity contribution >= 4 is 34.5 Å². The number of carbonyl (C=O) groups is 2. The highest BCUT2D eigenvalue weighted by Crippen LogP contribution is 2.32. The molecule has 3 heterocycles. The Bertz CT molecular complexity index is 1080. The second-order valence-electron chi connectivity index (χ2n) is 7.48. The quantitative estimate of drug-likeness (QED) is 0.514. The lowest BCUT2D eigenvalue weighted by molar-refractivity contribution is -0.138. The van der Waals surface area contributed by atoms with Crippen LogP contribution in [0.2, 0.25) is 0 Å². The highest BCUT2D eigenvalue weighted by Gasteiger charge is 2.33. The van der Waals surface area contributed by atoms with E-state index in [0.29, 0.717) is 35.8 Å². The number of hydrogen-bond acceptors (Lipinski definition) is 5. The van der Waals surface area contributed by atoms with Gasteiger partial charge in [-0.2, -0.15) is 5.10 Å². The molecule has 4 rings (SSSR count). The van der Waals surface area contributed by atoms with E-state index in [1.807, 2.05) is 44.2 Å². The number of anilines is 2. The number of rotatable bonds is 5. The molecular formula is C21H24N6O3. The van der Waals surface area contributed by atoms with Gasteiger partial charge in [0.1, 0.15) is 11.9 Å². The number of aliphatic carboxylic acids is 1. The number of aromatic nitrogens is 3. The van der Waals surface area contributed by atoms with E-state index >= 15 is 0 Å². The van der Waals surface area contributed by atoms with Crippen LogP contribution >= 0.6 is 0 Å². The molecule has 0 spiro atoms. The number of nitrogens with zero attached hydrogens (tertiary/aromatic N) is 3. The Labute approximate surface area is 173 Å². The predicted molar refractivity (Wildman–Crippen MR) is 114 cm³/mol. The first-order valence-corrected chi connectivity index (χ1v) is 9.91. The van der Waals surface area contributed by atoms with Gasteiger partial charge in [-0.15, -0.1) is 0 Å². The van der Waals surface area contributed by atoms with Crippen molar-refractivity contribution in [2.24, 2.45) is 0 Å². The van der Waals surface area contributed by atoms with Gasteiger partial charge < -0.3 is 15.3 Å². The number of aryl methyl sites for hydroxylation is 1. The summed E-state index contributed by atoms with van der Waals surface area (Å²) < 4.78 is 0. The lowest BCUT2D eigenvalue weighted by atomic mass is 10.1. The van der Waals surface area contributed by atoms with Gasteiger partial charge in [0.15, 0.2) is 5.82 Å². The number of aromatic amines is 1. The average Bonchev–Trinajstić information content (AvgIpc) is 3.35. The molecule has 3 aromatic rings. The van der Waals surface area contributed by atoms with Gasteiger partial charge in [0.05, 0.1) is 22.6 Å². The molecule has 2 amide bonds. The number of carbonyl (C=O) groups excluding carboxylic acids is 1. The third kappa shape index (κ3) is 3.78. The largest absolute Gasteiger partial charge is 0.480 e. The third-order valence-corrected chi connectivity index (χ3v) is 5.40. The fourth-order valence-electron chi connectivity index (χ4n) is 3.94. The zero-order valence-electron chi connectivity index (χ0n) is 16.8. The van der Waals surface area contributed by atoms with Crippen LogP contribution in [0.4, 0.5) is 16.4 Å². The van der Waals surface area contributed by atoms with Crippen molar-refractivity contribution < 1.29 is 14.7 Å². The minimum absolute atomic E-state index is 0.155. The molecule has 30 heavy (non-hydrogen) atoms. The summed E-state index contributed by atoms with van der Waals surface area (Å²) in [6, 6.07) is 10.3. The van der Waals surface area contributed by atoms with Gasteiger partial charge in [-0.1, -0.05) is 30.3 Å². The van der Waals surface area contributed by atoms with Gasteiger partial charge in [-0.05, 0) is 32.3 Å². The summed E-state index contributed by atoms with van der Waals surface area (Å²) in [7, 11) is 0. The lowest BCUT2D eigenvalue weighted by Gasteiger charge is -2.21. The Kier molecular flexibility index (Phi) is 5.26. The molecule has 1 aromatic carbocycles. The second-order valence-corrected chi connectivity index (χ2v) is 7.48. The van der Waals surface area contributed by atoms with E-state index < -0.39 is 12.0 Å². The second kappa shape index (κ2) is 8.02. The van der Waals surface area contributed by atoms with Crippen molar-refractivity contribution in [3.63, 3.8) is 0 Å². The van der Waals surface area contributed by atoms with Gasteiger partial charge in [0.2, 0.25) is 0 Å². The number of H-pyrrole nitrogens is 1. The molecule has 1 aliphatic heterocycles. The predicted octanol–water partition coefficient (Wildman–Crippen LogP) is 3.20. The molecule has 0 unspecified atom stereocenters. The molecule has 2 aromatic heterocycles. The van der Waals surface area contributed by atoms with Crippen molar-refractivity contribution in [3.05, 3.63) is 47.7 Å². The maximum absolute atomic E-state index is 12.4. The number of pyridine rings is 1. The van der Waals surface area contributed by atoms with Crippen LogP contribution in [0.3, 0.4) is 0 Å². The maximum atomic E-state index is 12.4. The molecule has 9 nitrogen and oxygen atoms in total. The van der Waals surface area contributed by atoms with E-state index in [4.69, 9.17) is 0 Å². The van der Waals surface area contributed by atoms with Crippen molar-refractivity contribution in [1.29, 1.82) is 0 Å². The zero-order valence-corrected chi connectivity index (χ0v) is 16.8. The van der Waals surface area contributed by atoms with Crippen LogP contribution in [0.1, 0.15) is 37.1 Å². The van der Waals surface area contributed by atoms with Crippen LogP contribution < -0.4 is 15.5 Å². The number of nitrogens with one attached hydrogen (secondary N) is 3. The number of fused-ring (bicyclic) bond motifs is 1. The summed E-state index contributed by atoms with van der Waals surface area (Å²) >= 11 is 0. The first-order chi connectivity index (χ1) is 14.4. The molecule has 0 bridgehead atoms. The summed E-state index contributed by atoms with van der Waals surface area (Å²) in [5, 5.41) is 23.2. The maximum Gasteiger partial charge on any atom is 0.326 e. The van der Waals surface area contributed by atoms with Gasteiger partial charge >= 0.3 is 12.0 Å². The van der Waals surface area contributed by atoms with Crippen LogP contribution in [-0.4, -0.2) is 44.9 Å².